The summed E-state index contributed by atoms with van der Waals surface area (Å²) < 4.78 is 0. The van der Waals surface area contributed by atoms with Crippen molar-refractivity contribution in [2.45, 2.75) is 25.8 Å². The Kier molecular flexibility index (Phi) is 8.74. The first-order chi connectivity index (χ1) is 12.2. The molecule has 0 aliphatic carbocycles. The molecule has 1 unspecified atom stereocenters. The zero-order chi connectivity index (χ0) is 19.7. The zero-order valence-corrected chi connectivity index (χ0v) is 15.4. The van der Waals surface area contributed by atoms with E-state index in [1.54, 1.807) is 0 Å². The molecule has 0 aromatic heterocycles. The number of anilines is 1. The quantitative estimate of drug-likeness (QED) is 0.502. The van der Waals surface area contributed by atoms with Crippen molar-refractivity contribution in [3.05, 3.63) is 29.8 Å². The second-order valence-electron chi connectivity index (χ2n) is 6.31. The highest BCUT2D eigenvalue weighted by molar-refractivity contribution is 6.27. The summed E-state index contributed by atoms with van der Waals surface area (Å²) in [7, 11) is 4.13. The van der Waals surface area contributed by atoms with Crippen LogP contribution in [0.1, 0.15) is 18.9 Å². The summed E-state index contributed by atoms with van der Waals surface area (Å²) in [5.74, 6) is -3.47. The third-order valence-electron chi connectivity index (χ3n) is 3.94. The summed E-state index contributed by atoms with van der Waals surface area (Å²) in [6.07, 6.45) is 2.02. The summed E-state index contributed by atoms with van der Waals surface area (Å²) >= 11 is 0. The molecule has 3 N–H and O–H groups in total. The number of benzene rings is 1. The molecule has 1 aromatic rings. The Morgan fingerprint density at radius 1 is 1.19 bits per heavy atom. The first-order valence-corrected chi connectivity index (χ1v) is 8.47. The van der Waals surface area contributed by atoms with E-state index in [0.29, 0.717) is 0 Å². The first-order valence-electron chi connectivity index (χ1n) is 8.47. The molecule has 8 nitrogen and oxygen atoms in total. The van der Waals surface area contributed by atoms with E-state index in [9.17, 15) is 4.79 Å². The number of carbonyl (C=O) groups excluding carboxylic acids is 1. The van der Waals surface area contributed by atoms with Crippen LogP contribution in [0.15, 0.2) is 24.3 Å². The van der Waals surface area contributed by atoms with E-state index < -0.39 is 11.9 Å². The number of nitrogens with one attached hydrogen (secondary N) is 1. The van der Waals surface area contributed by atoms with E-state index in [2.05, 4.69) is 30.4 Å². The number of aliphatic carboxylic acids is 2. The lowest BCUT2D eigenvalue weighted by Gasteiger charge is -2.22. The summed E-state index contributed by atoms with van der Waals surface area (Å²) in [6, 6.07) is 8.06. The van der Waals surface area contributed by atoms with Crippen LogP contribution in [-0.2, 0) is 20.8 Å². The molecule has 0 saturated carbocycles. The molecule has 144 valence electrons. The SMILES string of the molecule is CC(NCCCN(C)C)C(=O)N1CCc2ccccc21.O=C(O)C(=O)O. The average Bonchev–Trinajstić information content (AvgIpc) is 3.02. The van der Waals surface area contributed by atoms with Crippen LogP contribution in [0.5, 0.6) is 0 Å². The van der Waals surface area contributed by atoms with Crippen molar-refractivity contribution >= 4 is 23.5 Å². The maximum Gasteiger partial charge on any atom is 0.414 e. The predicted octanol–water partition coefficient (Wildman–Crippen LogP) is 0.661. The summed E-state index contributed by atoms with van der Waals surface area (Å²) in [5, 5.41) is 18.1. The summed E-state index contributed by atoms with van der Waals surface area (Å²) in [4.78, 5) is 34.8. The molecular formula is C18H27N3O5. The molecule has 8 heteroatoms. The largest absolute Gasteiger partial charge is 0.473 e. The average molecular weight is 365 g/mol. The molecule has 2 rings (SSSR count). The minimum absolute atomic E-state index is 0.122. The lowest BCUT2D eigenvalue weighted by molar-refractivity contribution is -0.159. The van der Waals surface area contributed by atoms with E-state index >= 15 is 0 Å². The van der Waals surface area contributed by atoms with Gasteiger partial charge in [0, 0.05) is 12.2 Å². The van der Waals surface area contributed by atoms with Crippen LogP contribution in [-0.4, -0.2) is 72.7 Å². The predicted molar refractivity (Wildman–Crippen MR) is 98.4 cm³/mol. The van der Waals surface area contributed by atoms with Crippen molar-refractivity contribution < 1.29 is 24.6 Å². The number of carboxylic acid groups (broad SMARTS) is 2. The number of carboxylic acids is 2. The highest BCUT2D eigenvalue weighted by Crippen LogP contribution is 2.27. The van der Waals surface area contributed by atoms with Gasteiger partial charge in [-0.3, -0.25) is 4.79 Å². The smallest absolute Gasteiger partial charge is 0.414 e. The summed E-state index contributed by atoms with van der Waals surface area (Å²) in [6.45, 7) is 4.68. The molecule has 0 radical (unpaired) electrons. The van der Waals surface area contributed by atoms with Gasteiger partial charge in [-0.1, -0.05) is 18.2 Å². The first kappa shape index (κ1) is 21.6. The van der Waals surface area contributed by atoms with Gasteiger partial charge in [-0.2, -0.15) is 0 Å². The lowest BCUT2D eigenvalue weighted by Crippen LogP contribution is -2.45. The van der Waals surface area contributed by atoms with Gasteiger partial charge in [0.05, 0.1) is 6.04 Å². The molecule has 1 atom stereocenters. The fraction of sp³-hybridized carbons (Fsp3) is 0.500. The number of carbonyl (C=O) groups is 3. The van der Waals surface area contributed by atoms with Crippen molar-refractivity contribution in [1.82, 2.24) is 10.2 Å². The molecule has 1 aliphatic heterocycles. The number of hydrogen-bond donors (Lipinski definition) is 3. The van der Waals surface area contributed by atoms with E-state index in [4.69, 9.17) is 19.8 Å². The van der Waals surface area contributed by atoms with Crippen LogP contribution in [0.3, 0.4) is 0 Å². The van der Waals surface area contributed by atoms with Crippen LogP contribution in [0.4, 0.5) is 5.69 Å². The number of nitrogens with zero attached hydrogens (tertiary/aromatic N) is 2. The highest BCUT2D eigenvalue weighted by atomic mass is 16.4. The van der Waals surface area contributed by atoms with E-state index in [1.165, 1.54) is 5.56 Å². The van der Waals surface area contributed by atoms with Gasteiger partial charge >= 0.3 is 11.9 Å². The number of fused-ring (bicyclic) bond motifs is 1. The second kappa shape index (κ2) is 10.5. The maximum absolute atomic E-state index is 12.5. The molecular weight excluding hydrogens is 338 g/mol. The van der Waals surface area contributed by atoms with Gasteiger partial charge in [0.25, 0.3) is 0 Å². The van der Waals surface area contributed by atoms with Crippen LogP contribution in [0.25, 0.3) is 0 Å². The molecule has 0 saturated heterocycles. The molecule has 0 spiro atoms. The van der Waals surface area contributed by atoms with E-state index in [1.807, 2.05) is 30.0 Å². The highest BCUT2D eigenvalue weighted by Gasteiger charge is 2.27. The van der Waals surface area contributed by atoms with Crippen LogP contribution in [0.2, 0.25) is 0 Å². The third kappa shape index (κ3) is 6.81. The van der Waals surface area contributed by atoms with Gasteiger partial charge in [0.1, 0.15) is 0 Å². The Labute approximate surface area is 153 Å². The van der Waals surface area contributed by atoms with Crippen molar-refractivity contribution in [3.8, 4) is 0 Å². The monoisotopic (exact) mass is 365 g/mol. The topological polar surface area (TPSA) is 110 Å². The minimum Gasteiger partial charge on any atom is -0.473 e. The van der Waals surface area contributed by atoms with Crippen molar-refractivity contribution in [2.75, 3.05) is 38.6 Å². The normalized spacial score (nSPS) is 13.6. The molecule has 1 amide bonds. The number of amides is 1. The van der Waals surface area contributed by atoms with Crippen molar-refractivity contribution in [1.29, 1.82) is 0 Å². The van der Waals surface area contributed by atoms with Gasteiger partial charge < -0.3 is 25.3 Å². The Balaban J connectivity index is 0.000000487. The summed E-state index contributed by atoms with van der Waals surface area (Å²) in [5.41, 5.74) is 2.36. The maximum atomic E-state index is 12.5. The third-order valence-corrected chi connectivity index (χ3v) is 3.94. The van der Waals surface area contributed by atoms with Crippen LogP contribution < -0.4 is 10.2 Å². The number of para-hydroxylation sites is 1. The Morgan fingerprint density at radius 2 is 1.81 bits per heavy atom. The second-order valence-corrected chi connectivity index (χ2v) is 6.31. The Morgan fingerprint density at radius 3 is 2.38 bits per heavy atom. The van der Waals surface area contributed by atoms with E-state index in [0.717, 1.165) is 38.2 Å². The number of rotatable bonds is 6. The molecule has 1 aliphatic rings. The van der Waals surface area contributed by atoms with Gasteiger partial charge in [-0.05, 0) is 58.6 Å². The van der Waals surface area contributed by atoms with E-state index in [-0.39, 0.29) is 11.9 Å². The molecule has 26 heavy (non-hydrogen) atoms. The molecule has 0 fully saturated rings. The van der Waals surface area contributed by atoms with Gasteiger partial charge in [-0.25, -0.2) is 9.59 Å². The molecule has 1 heterocycles. The molecule has 1 aromatic carbocycles. The Hall–Kier alpha value is -2.45. The van der Waals surface area contributed by atoms with Gasteiger partial charge in [0.2, 0.25) is 5.91 Å². The lowest BCUT2D eigenvalue weighted by atomic mass is 10.2. The molecule has 0 bridgehead atoms. The fourth-order valence-corrected chi connectivity index (χ4v) is 2.60. The van der Waals surface area contributed by atoms with Gasteiger partial charge in [-0.15, -0.1) is 0 Å². The minimum atomic E-state index is -1.82. The van der Waals surface area contributed by atoms with Crippen LogP contribution >= 0.6 is 0 Å². The van der Waals surface area contributed by atoms with Crippen molar-refractivity contribution in [3.63, 3.8) is 0 Å². The van der Waals surface area contributed by atoms with Gasteiger partial charge in [0.15, 0.2) is 0 Å². The standard InChI is InChI=1S/C16H25N3O.C2H2O4/c1-13(17-10-6-11-18(2)3)16(20)19-12-9-14-7-4-5-8-15(14)19;3-1(4)2(5)6/h4-5,7-8,13,17H,6,9-12H2,1-3H3;(H,3,4)(H,5,6). The Bertz CT molecular complexity index is 621. The zero-order valence-electron chi connectivity index (χ0n) is 15.4. The fourth-order valence-electron chi connectivity index (χ4n) is 2.60. The van der Waals surface area contributed by atoms with Crippen LogP contribution in [0, 0.1) is 0 Å². The number of hydrogen-bond acceptors (Lipinski definition) is 5. The van der Waals surface area contributed by atoms with Crippen molar-refractivity contribution in [2.24, 2.45) is 0 Å².